The zero-order valence-electron chi connectivity index (χ0n) is 19.0. The second-order valence-electron chi connectivity index (χ2n) is 7.81. The number of carbonyl (C=O) groups is 1. The van der Waals surface area contributed by atoms with Crippen LogP contribution >= 0.6 is 0 Å². The Morgan fingerprint density at radius 2 is 1.71 bits per heavy atom. The van der Waals surface area contributed by atoms with E-state index < -0.39 is 0 Å². The van der Waals surface area contributed by atoms with Gasteiger partial charge < -0.3 is 10.6 Å². The number of aryl methyl sites for hydroxylation is 2. The predicted octanol–water partition coefficient (Wildman–Crippen LogP) is 4.51. The second-order valence-corrected chi connectivity index (χ2v) is 7.81. The molecule has 0 fully saturated rings. The molecule has 0 unspecified atom stereocenters. The fourth-order valence-electron chi connectivity index (χ4n) is 3.56. The third-order valence-corrected chi connectivity index (χ3v) is 5.23. The van der Waals surface area contributed by atoms with Crippen LogP contribution in [0.15, 0.2) is 79.1 Å². The normalized spacial score (nSPS) is 10.8. The number of benzene rings is 2. The van der Waals surface area contributed by atoms with Crippen LogP contribution in [0.1, 0.15) is 16.3 Å². The minimum atomic E-state index is -0.325. The Bertz CT molecular complexity index is 1480. The Hall–Kier alpha value is -4.86. The molecule has 5 aromatic rings. The molecule has 10 heteroatoms. The Morgan fingerprint density at radius 1 is 0.971 bits per heavy atom. The lowest BCUT2D eigenvalue weighted by molar-refractivity contribution is 0.101. The topological polar surface area (TPSA) is 103 Å². The summed E-state index contributed by atoms with van der Waals surface area (Å²) in [5.41, 5.74) is 3.13. The Kier molecular flexibility index (Phi) is 5.76. The first-order valence-corrected chi connectivity index (χ1v) is 10.8. The molecule has 2 N–H and O–H groups in total. The number of rotatable bonds is 6. The molecule has 5 rings (SSSR count). The lowest BCUT2D eigenvalue weighted by Gasteiger charge is -2.10. The number of hydrogen-bond acceptors (Lipinski definition) is 6. The maximum Gasteiger partial charge on any atom is 0.273 e. The van der Waals surface area contributed by atoms with E-state index in [4.69, 9.17) is 0 Å². The van der Waals surface area contributed by atoms with Crippen molar-refractivity contribution in [3.05, 3.63) is 96.5 Å². The van der Waals surface area contributed by atoms with Crippen molar-refractivity contribution >= 4 is 23.1 Å². The molecule has 0 aliphatic rings. The number of hydrogen-bond donors (Lipinski definition) is 2. The zero-order valence-corrected chi connectivity index (χ0v) is 19.0. The van der Waals surface area contributed by atoms with Gasteiger partial charge in [-0.05, 0) is 67.6 Å². The summed E-state index contributed by atoms with van der Waals surface area (Å²) in [5, 5.41) is 14.7. The van der Waals surface area contributed by atoms with Crippen LogP contribution in [0.2, 0.25) is 0 Å². The van der Waals surface area contributed by atoms with Crippen LogP contribution in [0.25, 0.3) is 17.1 Å². The van der Waals surface area contributed by atoms with E-state index in [9.17, 15) is 9.18 Å². The number of aromatic nitrogens is 6. The van der Waals surface area contributed by atoms with Gasteiger partial charge in [-0.2, -0.15) is 10.2 Å². The van der Waals surface area contributed by atoms with Crippen molar-refractivity contribution < 1.29 is 9.18 Å². The molecule has 3 aromatic heterocycles. The molecule has 0 saturated heterocycles. The van der Waals surface area contributed by atoms with Gasteiger partial charge in [0, 0.05) is 42.4 Å². The summed E-state index contributed by atoms with van der Waals surface area (Å²) in [6, 6.07) is 18.5. The highest BCUT2D eigenvalue weighted by atomic mass is 19.1. The van der Waals surface area contributed by atoms with Gasteiger partial charge in [0.1, 0.15) is 23.2 Å². The zero-order chi connectivity index (χ0) is 24.4. The van der Waals surface area contributed by atoms with Crippen molar-refractivity contribution in [1.29, 1.82) is 0 Å². The van der Waals surface area contributed by atoms with Gasteiger partial charge in [0.25, 0.3) is 5.91 Å². The molecule has 9 nitrogen and oxygen atoms in total. The van der Waals surface area contributed by atoms with E-state index in [0.717, 1.165) is 11.3 Å². The molecule has 0 saturated carbocycles. The van der Waals surface area contributed by atoms with E-state index in [1.165, 1.54) is 16.8 Å². The van der Waals surface area contributed by atoms with Gasteiger partial charge in [0.15, 0.2) is 5.82 Å². The molecule has 3 heterocycles. The monoisotopic (exact) mass is 468 g/mol. The van der Waals surface area contributed by atoms with Gasteiger partial charge in [-0.15, -0.1) is 0 Å². The van der Waals surface area contributed by atoms with Crippen LogP contribution in [0.5, 0.6) is 0 Å². The maximum absolute atomic E-state index is 13.2. The highest BCUT2D eigenvalue weighted by Crippen LogP contribution is 2.22. The van der Waals surface area contributed by atoms with E-state index in [1.54, 1.807) is 54.3 Å². The van der Waals surface area contributed by atoms with Crippen molar-refractivity contribution in [3.8, 4) is 17.1 Å². The molecule has 1 amide bonds. The smallest absolute Gasteiger partial charge is 0.273 e. The number of carbonyl (C=O) groups excluding carboxylic acids is 1. The third-order valence-electron chi connectivity index (χ3n) is 5.23. The van der Waals surface area contributed by atoms with Crippen LogP contribution in [-0.2, 0) is 7.05 Å². The van der Waals surface area contributed by atoms with Crippen molar-refractivity contribution in [2.24, 2.45) is 7.05 Å². The molecular formula is C25H21FN8O. The SMILES string of the molecule is Cc1nc(Nc2ccc(NC(=O)c3cc(-c4ccc(F)cc4)nn3C)cc2)cc(-n2cccn2)n1. The summed E-state index contributed by atoms with van der Waals surface area (Å²) < 4.78 is 16.4. The first kappa shape index (κ1) is 22.0. The molecular weight excluding hydrogens is 447 g/mol. The number of halogens is 1. The van der Waals surface area contributed by atoms with Crippen molar-refractivity contribution in [2.45, 2.75) is 6.92 Å². The fourth-order valence-corrected chi connectivity index (χ4v) is 3.56. The minimum Gasteiger partial charge on any atom is -0.340 e. The highest BCUT2D eigenvalue weighted by molar-refractivity contribution is 6.03. The van der Waals surface area contributed by atoms with Crippen LogP contribution in [0.3, 0.4) is 0 Å². The van der Waals surface area contributed by atoms with Crippen molar-refractivity contribution in [2.75, 3.05) is 10.6 Å². The second kappa shape index (κ2) is 9.18. The van der Waals surface area contributed by atoms with Crippen molar-refractivity contribution in [3.63, 3.8) is 0 Å². The van der Waals surface area contributed by atoms with Gasteiger partial charge in [-0.25, -0.2) is 19.0 Å². The van der Waals surface area contributed by atoms with Crippen LogP contribution in [-0.4, -0.2) is 35.4 Å². The minimum absolute atomic E-state index is 0.302. The maximum atomic E-state index is 13.2. The molecule has 174 valence electrons. The van der Waals surface area contributed by atoms with E-state index in [2.05, 4.69) is 30.8 Å². The molecule has 0 atom stereocenters. The molecule has 35 heavy (non-hydrogen) atoms. The Morgan fingerprint density at radius 3 is 2.43 bits per heavy atom. The molecule has 0 spiro atoms. The van der Waals surface area contributed by atoms with Gasteiger partial charge in [0.05, 0.1) is 5.69 Å². The van der Waals surface area contributed by atoms with Crippen LogP contribution in [0.4, 0.5) is 21.6 Å². The summed E-state index contributed by atoms with van der Waals surface area (Å²) in [4.78, 5) is 21.7. The summed E-state index contributed by atoms with van der Waals surface area (Å²) in [6.45, 7) is 1.82. The quantitative estimate of drug-likeness (QED) is 0.380. The molecule has 2 aromatic carbocycles. The average Bonchev–Trinajstić information content (AvgIpc) is 3.51. The number of anilines is 3. The number of amides is 1. The Labute approximate surface area is 200 Å². The first-order valence-electron chi connectivity index (χ1n) is 10.8. The highest BCUT2D eigenvalue weighted by Gasteiger charge is 2.15. The summed E-state index contributed by atoms with van der Waals surface area (Å²) in [7, 11) is 1.69. The standard InChI is InChI=1S/C25H21FN8O/c1-16-28-23(15-24(29-16)34-13-3-12-27-34)30-19-8-10-20(11-9-19)31-25(35)22-14-21(32-33(22)2)17-4-6-18(26)7-5-17/h3-15H,1-2H3,(H,31,35)(H,28,29,30). The fraction of sp³-hybridized carbons (Fsp3) is 0.0800. The molecule has 0 aliphatic carbocycles. The first-order chi connectivity index (χ1) is 16.9. The lowest BCUT2D eigenvalue weighted by atomic mass is 10.1. The van der Waals surface area contributed by atoms with Gasteiger partial charge in [-0.3, -0.25) is 9.48 Å². The Balaban J connectivity index is 1.28. The summed E-state index contributed by atoms with van der Waals surface area (Å²) in [5.74, 6) is 1.27. The van der Waals surface area contributed by atoms with E-state index in [1.807, 2.05) is 31.3 Å². The van der Waals surface area contributed by atoms with Crippen LogP contribution < -0.4 is 10.6 Å². The predicted molar refractivity (Wildman–Crippen MR) is 130 cm³/mol. The largest absolute Gasteiger partial charge is 0.340 e. The van der Waals surface area contributed by atoms with Gasteiger partial charge in [0.2, 0.25) is 0 Å². The summed E-state index contributed by atoms with van der Waals surface area (Å²) >= 11 is 0. The third kappa shape index (κ3) is 4.91. The molecule has 0 bridgehead atoms. The van der Waals surface area contributed by atoms with Gasteiger partial charge >= 0.3 is 0 Å². The van der Waals surface area contributed by atoms with Crippen molar-refractivity contribution in [1.82, 2.24) is 29.5 Å². The number of nitrogens with zero attached hydrogens (tertiary/aromatic N) is 6. The van der Waals surface area contributed by atoms with E-state index >= 15 is 0 Å². The average molecular weight is 468 g/mol. The van der Waals surface area contributed by atoms with Crippen LogP contribution in [0, 0.1) is 12.7 Å². The molecule has 0 aliphatic heterocycles. The number of nitrogens with one attached hydrogen (secondary N) is 2. The van der Waals surface area contributed by atoms with Gasteiger partial charge in [-0.1, -0.05) is 0 Å². The lowest BCUT2D eigenvalue weighted by Crippen LogP contribution is -2.16. The summed E-state index contributed by atoms with van der Waals surface area (Å²) in [6.07, 6.45) is 3.50. The van der Waals surface area contributed by atoms with E-state index in [0.29, 0.717) is 34.5 Å². The van der Waals surface area contributed by atoms with E-state index in [-0.39, 0.29) is 11.7 Å². The molecule has 0 radical (unpaired) electrons.